The number of carbonyl (C=O) groups is 2. The molecule has 0 spiro atoms. The van der Waals surface area contributed by atoms with Crippen molar-refractivity contribution >= 4 is 39.7 Å². The quantitative estimate of drug-likeness (QED) is 0.778. The SMILES string of the molecule is O=C(CNC(=O)c1cccs1)Nc1cccc2cccnc12. The van der Waals surface area contributed by atoms with Crippen LogP contribution < -0.4 is 10.6 Å². The van der Waals surface area contributed by atoms with Crippen LogP contribution in [0.1, 0.15) is 9.67 Å². The summed E-state index contributed by atoms with van der Waals surface area (Å²) in [5, 5.41) is 8.13. The Kier molecular flexibility index (Phi) is 4.11. The second-order valence-electron chi connectivity index (χ2n) is 4.59. The Bertz CT molecular complexity index is 810. The summed E-state index contributed by atoms with van der Waals surface area (Å²) >= 11 is 1.33. The average molecular weight is 311 g/mol. The molecular weight excluding hydrogens is 298 g/mol. The Morgan fingerprint density at radius 1 is 1.09 bits per heavy atom. The van der Waals surface area contributed by atoms with E-state index in [-0.39, 0.29) is 18.4 Å². The predicted octanol–water partition coefficient (Wildman–Crippen LogP) is 2.66. The van der Waals surface area contributed by atoms with Crippen molar-refractivity contribution in [3.8, 4) is 0 Å². The molecule has 3 aromatic rings. The summed E-state index contributed by atoms with van der Waals surface area (Å²) in [7, 11) is 0. The molecule has 1 aromatic carbocycles. The van der Waals surface area contributed by atoms with Gasteiger partial charge in [-0.3, -0.25) is 14.6 Å². The zero-order valence-corrected chi connectivity index (χ0v) is 12.4. The third-order valence-electron chi connectivity index (χ3n) is 3.06. The molecule has 0 fully saturated rings. The van der Waals surface area contributed by atoms with Gasteiger partial charge in [-0.25, -0.2) is 0 Å². The summed E-state index contributed by atoms with van der Waals surface area (Å²) in [5.74, 6) is -0.538. The number of pyridine rings is 1. The number of para-hydroxylation sites is 1. The lowest BCUT2D eigenvalue weighted by Gasteiger charge is -2.08. The zero-order chi connectivity index (χ0) is 15.4. The third kappa shape index (κ3) is 3.12. The molecule has 3 rings (SSSR count). The Morgan fingerprint density at radius 3 is 2.77 bits per heavy atom. The number of amides is 2. The van der Waals surface area contributed by atoms with Gasteiger partial charge in [-0.05, 0) is 23.6 Å². The zero-order valence-electron chi connectivity index (χ0n) is 11.6. The van der Waals surface area contributed by atoms with E-state index in [2.05, 4.69) is 15.6 Å². The molecule has 0 aliphatic rings. The molecule has 0 aliphatic carbocycles. The van der Waals surface area contributed by atoms with Crippen LogP contribution in [0.5, 0.6) is 0 Å². The molecule has 110 valence electrons. The lowest BCUT2D eigenvalue weighted by Crippen LogP contribution is -2.32. The van der Waals surface area contributed by atoms with E-state index >= 15 is 0 Å². The number of benzene rings is 1. The molecule has 2 N–H and O–H groups in total. The van der Waals surface area contributed by atoms with E-state index in [1.165, 1.54) is 11.3 Å². The Labute approximate surface area is 131 Å². The summed E-state index contributed by atoms with van der Waals surface area (Å²) in [6.07, 6.45) is 1.68. The first-order valence-corrected chi connectivity index (χ1v) is 7.57. The van der Waals surface area contributed by atoms with Gasteiger partial charge in [0.05, 0.1) is 22.6 Å². The lowest BCUT2D eigenvalue weighted by atomic mass is 10.2. The van der Waals surface area contributed by atoms with Crippen LogP contribution in [-0.4, -0.2) is 23.3 Å². The minimum absolute atomic E-state index is 0.0834. The Balaban J connectivity index is 1.65. The van der Waals surface area contributed by atoms with E-state index in [9.17, 15) is 9.59 Å². The average Bonchev–Trinajstić information content (AvgIpc) is 3.07. The van der Waals surface area contributed by atoms with Crippen LogP contribution >= 0.6 is 11.3 Å². The molecular formula is C16H13N3O2S. The standard InChI is InChI=1S/C16H13N3O2S/c20-14(10-18-16(21)13-7-3-9-22-13)19-12-6-1-4-11-5-2-8-17-15(11)12/h1-9H,10H2,(H,18,21)(H,19,20). The van der Waals surface area contributed by atoms with Crippen molar-refractivity contribution in [2.45, 2.75) is 0 Å². The summed E-state index contributed by atoms with van der Waals surface area (Å²) in [6, 6.07) is 12.8. The molecule has 0 saturated heterocycles. The number of nitrogens with one attached hydrogen (secondary N) is 2. The Hall–Kier alpha value is -2.73. The van der Waals surface area contributed by atoms with Gasteiger partial charge in [-0.15, -0.1) is 11.3 Å². The van der Waals surface area contributed by atoms with E-state index in [4.69, 9.17) is 0 Å². The van der Waals surface area contributed by atoms with Crippen molar-refractivity contribution in [2.75, 3.05) is 11.9 Å². The third-order valence-corrected chi connectivity index (χ3v) is 3.93. The van der Waals surface area contributed by atoms with Crippen LogP contribution in [0.4, 0.5) is 5.69 Å². The molecule has 6 heteroatoms. The maximum Gasteiger partial charge on any atom is 0.261 e. The van der Waals surface area contributed by atoms with E-state index in [0.717, 1.165) is 10.9 Å². The summed E-state index contributed by atoms with van der Waals surface area (Å²) < 4.78 is 0. The van der Waals surface area contributed by atoms with E-state index in [1.54, 1.807) is 24.4 Å². The first-order valence-electron chi connectivity index (χ1n) is 6.69. The molecule has 22 heavy (non-hydrogen) atoms. The molecule has 5 nitrogen and oxygen atoms in total. The molecule has 0 unspecified atom stereocenters. The minimum Gasteiger partial charge on any atom is -0.342 e. The Morgan fingerprint density at radius 2 is 1.95 bits per heavy atom. The highest BCUT2D eigenvalue weighted by atomic mass is 32.1. The summed E-state index contributed by atoms with van der Waals surface area (Å²) in [6.45, 7) is -0.0834. The van der Waals surface area contributed by atoms with Gasteiger partial charge < -0.3 is 10.6 Å². The number of hydrogen-bond donors (Lipinski definition) is 2. The number of aromatic nitrogens is 1. The molecule has 0 bridgehead atoms. The highest BCUT2D eigenvalue weighted by Gasteiger charge is 2.10. The van der Waals surface area contributed by atoms with Crippen LogP contribution in [0.3, 0.4) is 0 Å². The number of fused-ring (bicyclic) bond motifs is 1. The number of rotatable bonds is 4. The van der Waals surface area contributed by atoms with Crippen molar-refractivity contribution in [3.05, 3.63) is 58.9 Å². The second kappa shape index (κ2) is 6.36. The normalized spacial score (nSPS) is 10.4. The number of nitrogens with zero attached hydrogens (tertiary/aromatic N) is 1. The van der Waals surface area contributed by atoms with Crippen molar-refractivity contribution in [2.24, 2.45) is 0 Å². The highest BCUT2D eigenvalue weighted by Crippen LogP contribution is 2.20. The highest BCUT2D eigenvalue weighted by molar-refractivity contribution is 7.12. The number of carbonyl (C=O) groups excluding carboxylic acids is 2. The van der Waals surface area contributed by atoms with Crippen molar-refractivity contribution in [3.63, 3.8) is 0 Å². The monoisotopic (exact) mass is 311 g/mol. The first kappa shape index (κ1) is 14.2. The molecule has 0 atom stereocenters. The van der Waals surface area contributed by atoms with Gasteiger partial charge in [-0.2, -0.15) is 0 Å². The van der Waals surface area contributed by atoms with Crippen LogP contribution in [0.2, 0.25) is 0 Å². The molecule has 2 amide bonds. The molecule has 0 aliphatic heterocycles. The van der Waals surface area contributed by atoms with Crippen molar-refractivity contribution in [1.29, 1.82) is 0 Å². The van der Waals surface area contributed by atoms with Gasteiger partial charge in [-0.1, -0.05) is 24.3 Å². The fourth-order valence-electron chi connectivity index (χ4n) is 2.05. The summed E-state index contributed by atoms with van der Waals surface area (Å²) in [5.41, 5.74) is 1.36. The fraction of sp³-hybridized carbons (Fsp3) is 0.0625. The van der Waals surface area contributed by atoms with Crippen LogP contribution in [0.15, 0.2) is 54.0 Å². The smallest absolute Gasteiger partial charge is 0.261 e. The van der Waals surface area contributed by atoms with E-state index < -0.39 is 0 Å². The molecule has 2 aromatic heterocycles. The maximum absolute atomic E-state index is 12.0. The van der Waals surface area contributed by atoms with Crippen LogP contribution in [-0.2, 0) is 4.79 Å². The molecule has 0 radical (unpaired) electrons. The first-order chi connectivity index (χ1) is 10.7. The predicted molar refractivity (Wildman–Crippen MR) is 87.0 cm³/mol. The van der Waals surface area contributed by atoms with Gasteiger partial charge in [0.25, 0.3) is 5.91 Å². The number of hydrogen-bond acceptors (Lipinski definition) is 4. The van der Waals surface area contributed by atoms with Gasteiger partial charge in [0.15, 0.2) is 0 Å². The van der Waals surface area contributed by atoms with Gasteiger partial charge in [0, 0.05) is 11.6 Å². The number of anilines is 1. The van der Waals surface area contributed by atoms with E-state index in [1.807, 2.05) is 29.6 Å². The largest absolute Gasteiger partial charge is 0.342 e. The van der Waals surface area contributed by atoms with E-state index in [0.29, 0.717) is 10.6 Å². The van der Waals surface area contributed by atoms with Crippen molar-refractivity contribution in [1.82, 2.24) is 10.3 Å². The molecule has 0 saturated carbocycles. The number of thiophene rings is 1. The second-order valence-corrected chi connectivity index (χ2v) is 5.54. The maximum atomic E-state index is 12.0. The van der Waals surface area contributed by atoms with Crippen LogP contribution in [0.25, 0.3) is 10.9 Å². The van der Waals surface area contributed by atoms with Crippen LogP contribution in [0, 0.1) is 0 Å². The summed E-state index contributed by atoms with van der Waals surface area (Å²) in [4.78, 5) is 28.6. The molecule has 2 heterocycles. The van der Waals surface area contributed by atoms with Gasteiger partial charge in [0.2, 0.25) is 5.91 Å². The van der Waals surface area contributed by atoms with Gasteiger partial charge >= 0.3 is 0 Å². The van der Waals surface area contributed by atoms with Gasteiger partial charge in [0.1, 0.15) is 0 Å². The van der Waals surface area contributed by atoms with Crippen molar-refractivity contribution < 1.29 is 9.59 Å². The minimum atomic E-state index is -0.289. The fourth-order valence-corrected chi connectivity index (χ4v) is 2.69. The topological polar surface area (TPSA) is 71.1 Å². The lowest BCUT2D eigenvalue weighted by molar-refractivity contribution is -0.115.